The molecule has 0 heterocycles. The summed E-state index contributed by atoms with van der Waals surface area (Å²) < 4.78 is 16.8. The Hall–Kier alpha value is -3.15. The topological polar surface area (TPSA) is 78.9 Å². The number of allylic oxidation sites excluding steroid dienone is 12. The summed E-state index contributed by atoms with van der Waals surface area (Å²) in [6.45, 7) is 6.45. The zero-order valence-corrected chi connectivity index (χ0v) is 41.3. The van der Waals surface area contributed by atoms with Gasteiger partial charge in [0.1, 0.15) is 13.2 Å². The number of rotatable bonds is 47. The lowest BCUT2D eigenvalue weighted by Crippen LogP contribution is -2.30. The SMILES string of the molecule is CC/C=C\C/C=C\C/C=C\CCCCCCCC(=O)OC(COC(=O)CCCCCCC/C=C\C/C=C\CCCC)COC(=O)CCCCCCC/C=C\CCCCCCCCC. The van der Waals surface area contributed by atoms with E-state index in [0.717, 1.165) is 128 Å². The van der Waals surface area contributed by atoms with E-state index in [1.54, 1.807) is 0 Å². The molecule has 6 nitrogen and oxygen atoms in total. The zero-order chi connectivity index (χ0) is 45.8. The highest BCUT2D eigenvalue weighted by atomic mass is 16.6. The molecule has 0 fully saturated rings. The van der Waals surface area contributed by atoms with E-state index in [9.17, 15) is 14.4 Å². The quantitative estimate of drug-likeness (QED) is 0.0262. The molecule has 0 aliphatic rings. The third-order valence-electron chi connectivity index (χ3n) is 11.2. The molecule has 0 aliphatic carbocycles. The summed E-state index contributed by atoms with van der Waals surface area (Å²) in [5, 5.41) is 0. The molecule has 0 amide bonds. The number of hydrogen-bond acceptors (Lipinski definition) is 6. The van der Waals surface area contributed by atoms with Gasteiger partial charge in [-0.1, -0.05) is 203 Å². The third kappa shape index (κ3) is 49.7. The Kier molecular flexibility index (Phi) is 48.9. The zero-order valence-electron chi connectivity index (χ0n) is 41.3. The van der Waals surface area contributed by atoms with Gasteiger partial charge in [-0.15, -0.1) is 0 Å². The normalized spacial score (nSPS) is 12.6. The molecule has 362 valence electrons. The Balaban J connectivity index is 4.44. The average Bonchev–Trinajstić information content (AvgIpc) is 3.28. The van der Waals surface area contributed by atoms with E-state index in [2.05, 4.69) is 93.7 Å². The van der Waals surface area contributed by atoms with Crippen molar-refractivity contribution in [3.63, 3.8) is 0 Å². The largest absolute Gasteiger partial charge is 0.462 e. The molecular weight excluding hydrogens is 781 g/mol. The molecule has 0 spiro atoms. The second-order valence-electron chi connectivity index (χ2n) is 17.4. The molecule has 0 saturated carbocycles. The molecule has 0 N–H and O–H groups in total. The van der Waals surface area contributed by atoms with Crippen molar-refractivity contribution in [3.05, 3.63) is 72.9 Å². The number of carbonyl (C=O) groups excluding carboxylic acids is 3. The van der Waals surface area contributed by atoms with Crippen LogP contribution in [0.4, 0.5) is 0 Å². The van der Waals surface area contributed by atoms with Crippen LogP contribution < -0.4 is 0 Å². The summed E-state index contributed by atoms with van der Waals surface area (Å²) in [6.07, 6.45) is 64.5. The lowest BCUT2D eigenvalue weighted by atomic mass is 10.1. The van der Waals surface area contributed by atoms with E-state index >= 15 is 0 Å². The Labute approximate surface area is 389 Å². The summed E-state index contributed by atoms with van der Waals surface area (Å²) in [4.78, 5) is 38.0. The third-order valence-corrected chi connectivity index (χ3v) is 11.2. The van der Waals surface area contributed by atoms with Gasteiger partial charge in [0.05, 0.1) is 0 Å². The Morgan fingerprint density at radius 2 is 0.635 bits per heavy atom. The van der Waals surface area contributed by atoms with Gasteiger partial charge >= 0.3 is 17.9 Å². The van der Waals surface area contributed by atoms with Crippen molar-refractivity contribution >= 4 is 17.9 Å². The van der Waals surface area contributed by atoms with Crippen LogP contribution in [0, 0.1) is 0 Å². The molecular formula is C57H98O6. The van der Waals surface area contributed by atoms with Crippen molar-refractivity contribution < 1.29 is 28.6 Å². The monoisotopic (exact) mass is 879 g/mol. The molecule has 1 unspecified atom stereocenters. The Bertz CT molecular complexity index is 1190. The number of esters is 3. The van der Waals surface area contributed by atoms with E-state index in [1.807, 2.05) is 0 Å². The van der Waals surface area contributed by atoms with Gasteiger partial charge in [-0.2, -0.15) is 0 Å². The second-order valence-corrected chi connectivity index (χ2v) is 17.4. The predicted molar refractivity (Wildman–Crippen MR) is 270 cm³/mol. The van der Waals surface area contributed by atoms with Gasteiger partial charge in [0, 0.05) is 19.3 Å². The van der Waals surface area contributed by atoms with Gasteiger partial charge in [-0.05, 0) is 103 Å². The standard InChI is InChI=1S/C57H98O6/c1-4-7-10-13-16-19-22-25-28-30-32-35-38-41-44-47-50-56(59)62-53-54(52-61-55(58)49-46-43-40-37-34-31-27-24-21-18-15-12-9-6-3)63-57(60)51-48-45-42-39-36-33-29-26-23-20-17-14-11-8-5-2/h8,11,15,17-18,20,24,26-30,54H,4-7,9-10,12-14,16,19,21-23,25,31-53H2,1-3H3/b11-8-,18-15-,20-17-,27-24-,29-26-,30-28-. The smallest absolute Gasteiger partial charge is 0.306 e. The van der Waals surface area contributed by atoms with Crippen molar-refractivity contribution in [2.45, 2.75) is 258 Å². The Morgan fingerprint density at radius 1 is 0.333 bits per heavy atom. The minimum absolute atomic E-state index is 0.0914. The minimum atomic E-state index is -0.793. The molecule has 0 radical (unpaired) electrons. The molecule has 0 saturated heterocycles. The molecule has 0 bridgehead atoms. The first-order valence-corrected chi connectivity index (χ1v) is 26.4. The second kappa shape index (κ2) is 51.5. The summed E-state index contributed by atoms with van der Waals surface area (Å²) in [7, 11) is 0. The molecule has 6 heteroatoms. The number of unbranched alkanes of at least 4 members (excludes halogenated alkanes) is 24. The van der Waals surface area contributed by atoms with Crippen molar-refractivity contribution in [2.24, 2.45) is 0 Å². The fourth-order valence-electron chi connectivity index (χ4n) is 7.17. The van der Waals surface area contributed by atoms with Gasteiger partial charge in [0.25, 0.3) is 0 Å². The molecule has 0 aromatic heterocycles. The van der Waals surface area contributed by atoms with Gasteiger partial charge < -0.3 is 14.2 Å². The summed E-state index contributed by atoms with van der Waals surface area (Å²) in [5.41, 5.74) is 0. The van der Waals surface area contributed by atoms with Crippen molar-refractivity contribution in [1.29, 1.82) is 0 Å². The summed E-state index contributed by atoms with van der Waals surface area (Å²) >= 11 is 0. The molecule has 0 aromatic rings. The van der Waals surface area contributed by atoms with Crippen LogP contribution in [0.3, 0.4) is 0 Å². The van der Waals surface area contributed by atoms with E-state index in [-0.39, 0.29) is 31.1 Å². The maximum Gasteiger partial charge on any atom is 0.306 e. The average molecular weight is 879 g/mol. The van der Waals surface area contributed by atoms with Crippen LogP contribution in [0.2, 0.25) is 0 Å². The van der Waals surface area contributed by atoms with E-state index in [0.29, 0.717) is 19.3 Å². The van der Waals surface area contributed by atoms with Crippen LogP contribution in [0.15, 0.2) is 72.9 Å². The summed E-state index contributed by atoms with van der Waals surface area (Å²) in [5.74, 6) is -0.928. The van der Waals surface area contributed by atoms with Crippen LogP contribution in [0.25, 0.3) is 0 Å². The lowest BCUT2D eigenvalue weighted by Gasteiger charge is -2.18. The van der Waals surface area contributed by atoms with Crippen LogP contribution in [0.5, 0.6) is 0 Å². The molecule has 0 rings (SSSR count). The highest BCUT2D eigenvalue weighted by molar-refractivity contribution is 5.71. The summed E-state index contributed by atoms with van der Waals surface area (Å²) in [6, 6.07) is 0. The van der Waals surface area contributed by atoms with E-state index in [4.69, 9.17) is 14.2 Å². The maximum atomic E-state index is 12.8. The number of ether oxygens (including phenoxy) is 3. The minimum Gasteiger partial charge on any atom is -0.462 e. The highest BCUT2D eigenvalue weighted by Crippen LogP contribution is 2.14. The highest BCUT2D eigenvalue weighted by Gasteiger charge is 2.19. The number of carbonyl (C=O) groups is 3. The van der Waals surface area contributed by atoms with Crippen LogP contribution in [-0.2, 0) is 28.6 Å². The molecule has 0 aliphatic heterocycles. The first kappa shape index (κ1) is 59.9. The van der Waals surface area contributed by atoms with Crippen molar-refractivity contribution in [1.82, 2.24) is 0 Å². The van der Waals surface area contributed by atoms with Crippen LogP contribution in [-0.4, -0.2) is 37.2 Å². The van der Waals surface area contributed by atoms with Gasteiger partial charge in [0.15, 0.2) is 6.10 Å². The maximum absolute atomic E-state index is 12.8. The first-order valence-electron chi connectivity index (χ1n) is 26.4. The van der Waals surface area contributed by atoms with Crippen molar-refractivity contribution in [2.75, 3.05) is 13.2 Å². The van der Waals surface area contributed by atoms with Crippen molar-refractivity contribution in [3.8, 4) is 0 Å². The fourth-order valence-corrected chi connectivity index (χ4v) is 7.17. The van der Waals surface area contributed by atoms with E-state index < -0.39 is 6.10 Å². The van der Waals surface area contributed by atoms with Gasteiger partial charge in [-0.3, -0.25) is 14.4 Å². The first-order chi connectivity index (χ1) is 31.0. The van der Waals surface area contributed by atoms with Crippen LogP contribution in [0.1, 0.15) is 252 Å². The van der Waals surface area contributed by atoms with Gasteiger partial charge in [0.2, 0.25) is 0 Å². The van der Waals surface area contributed by atoms with E-state index in [1.165, 1.54) is 83.5 Å². The molecule has 0 aromatic carbocycles. The van der Waals surface area contributed by atoms with Gasteiger partial charge in [-0.25, -0.2) is 0 Å². The fraction of sp³-hybridized carbons (Fsp3) is 0.737. The lowest BCUT2D eigenvalue weighted by molar-refractivity contribution is -0.167. The molecule has 1 atom stereocenters. The predicted octanol–water partition coefficient (Wildman–Crippen LogP) is 17.4. The Morgan fingerprint density at radius 3 is 1.03 bits per heavy atom. The van der Waals surface area contributed by atoms with Crippen LogP contribution >= 0.6 is 0 Å². The number of hydrogen-bond donors (Lipinski definition) is 0. The molecule has 63 heavy (non-hydrogen) atoms.